The average molecular weight is 366 g/mol. The van der Waals surface area contributed by atoms with E-state index in [0.717, 1.165) is 10.5 Å². The van der Waals surface area contributed by atoms with Crippen molar-refractivity contribution in [1.29, 1.82) is 0 Å². The fourth-order valence-electron chi connectivity index (χ4n) is 2.47. The van der Waals surface area contributed by atoms with Crippen LogP contribution >= 0.6 is 11.8 Å². The summed E-state index contributed by atoms with van der Waals surface area (Å²) >= 11 is 1.45. The van der Waals surface area contributed by atoms with Crippen LogP contribution in [0.3, 0.4) is 0 Å². The van der Waals surface area contributed by atoms with Gasteiger partial charge in [-0.15, -0.1) is 0 Å². The van der Waals surface area contributed by atoms with Gasteiger partial charge in [-0.1, -0.05) is 41.6 Å². The highest BCUT2D eigenvalue weighted by molar-refractivity contribution is 7.99. The zero-order chi connectivity index (χ0) is 18.5. The Balaban J connectivity index is 1.77. The first kappa shape index (κ1) is 18.1. The van der Waals surface area contributed by atoms with Crippen LogP contribution in [0, 0.1) is 12.7 Å². The van der Waals surface area contributed by atoms with Gasteiger partial charge < -0.3 is 5.32 Å². The molecule has 0 aliphatic carbocycles. The Morgan fingerprint density at radius 2 is 1.77 bits per heavy atom. The number of hydrogen-bond acceptors (Lipinski definition) is 3. The summed E-state index contributed by atoms with van der Waals surface area (Å²) < 4.78 is 13.1. The van der Waals surface area contributed by atoms with Gasteiger partial charge in [0.1, 0.15) is 10.8 Å². The lowest BCUT2D eigenvalue weighted by Gasteiger charge is -2.15. The summed E-state index contributed by atoms with van der Waals surface area (Å²) in [5.74, 6) is -0.499. The van der Waals surface area contributed by atoms with Crippen LogP contribution in [0.1, 0.15) is 34.5 Å². The van der Waals surface area contributed by atoms with E-state index in [2.05, 4.69) is 10.3 Å². The monoisotopic (exact) mass is 366 g/mol. The van der Waals surface area contributed by atoms with E-state index in [1.165, 1.54) is 29.5 Å². The maximum Gasteiger partial charge on any atom is 0.254 e. The molecule has 1 atom stereocenters. The van der Waals surface area contributed by atoms with Gasteiger partial charge in [0.15, 0.2) is 0 Å². The molecule has 5 heteroatoms. The summed E-state index contributed by atoms with van der Waals surface area (Å²) in [6.07, 6.45) is 1.68. The Bertz CT molecular complexity index is 895. The summed E-state index contributed by atoms with van der Waals surface area (Å²) in [6.45, 7) is 3.90. The van der Waals surface area contributed by atoms with Crippen LogP contribution in [-0.2, 0) is 0 Å². The van der Waals surface area contributed by atoms with Gasteiger partial charge in [0.25, 0.3) is 5.91 Å². The van der Waals surface area contributed by atoms with Crippen molar-refractivity contribution in [2.75, 3.05) is 0 Å². The first-order valence-electron chi connectivity index (χ1n) is 8.29. The molecule has 3 rings (SSSR count). The molecule has 0 aliphatic rings. The van der Waals surface area contributed by atoms with Crippen molar-refractivity contribution in [2.45, 2.75) is 29.8 Å². The zero-order valence-corrected chi connectivity index (χ0v) is 15.4. The molecule has 0 radical (unpaired) electrons. The van der Waals surface area contributed by atoms with E-state index in [9.17, 15) is 9.18 Å². The van der Waals surface area contributed by atoms with Crippen LogP contribution in [0.2, 0.25) is 0 Å². The first-order chi connectivity index (χ1) is 12.5. The van der Waals surface area contributed by atoms with Gasteiger partial charge >= 0.3 is 0 Å². The first-order valence-corrected chi connectivity index (χ1v) is 9.10. The minimum atomic E-state index is -0.295. The second-order valence-electron chi connectivity index (χ2n) is 6.02. The Morgan fingerprint density at radius 3 is 2.46 bits per heavy atom. The van der Waals surface area contributed by atoms with E-state index in [-0.39, 0.29) is 17.8 Å². The predicted octanol–water partition coefficient (Wildman–Crippen LogP) is 5.17. The number of nitrogens with zero attached hydrogens (tertiary/aromatic N) is 1. The molecule has 0 bridgehead atoms. The number of carbonyl (C=O) groups excluding carboxylic acids is 1. The molecule has 0 saturated carbocycles. The molecule has 1 aromatic heterocycles. The molecule has 0 saturated heterocycles. The standard InChI is InChI=1S/C21H19FN2OS/c1-14-5-11-18(12-6-14)26-21-19(4-3-13-23-21)20(25)24-15(2)16-7-9-17(22)10-8-16/h3-13,15H,1-2H3,(H,24,25). The van der Waals surface area contributed by atoms with E-state index in [0.29, 0.717) is 10.6 Å². The average Bonchev–Trinajstić information content (AvgIpc) is 2.64. The largest absolute Gasteiger partial charge is 0.345 e. The highest BCUT2D eigenvalue weighted by Crippen LogP contribution is 2.29. The molecule has 132 valence electrons. The summed E-state index contributed by atoms with van der Waals surface area (Å²) in [4.78, 5) is 18.1. The van der Waals surface area contributed by atoms with Crippen molar-refractivity contribution in [2.24, 2.45) is 0 Å². The van der Waals surface area contributed by atoms with Gasteiger partial charge in [-0.3, -0.25) is 4.79 Å². The number of benzene rings is 2. The SMILES string of the molecule is Cc1ccc(Sc2ncccc2C(=O)NC(C)c2ccc(F)cc2)cc1. The van der Waals surface area contributed by atoms with Crippen molar-refractivity contribution in [3.05, 3.63) is 89.4 Å². The predicted molar refractivity (Wildman–Crippen MR) is 102 cm³/mol. The number of aromatic nitrogens is 1. The third kappa shape index (κ3) is 4.49. The highest BCUT2D eigenvalue weighted by atomic mass is 32.2. The van der Waals surface area contributed by atoms with Crippen LogP contribution in [0.25, 0.3) is 0 Å². The number of halogens is 1. The molecule has 3 nitrogen and oxygen atoms in total. The van der Waals surface area contributed by atoms with Crippen LogP contribution in [-0.4, -0.2) is 10.9 Å². The molecule has 1 heterocycles. The van der Waals surface area contributed by atoms with E-state index in [1.54, 1.807) is 30.5 Å². The fraction of sp³-hybridized carbons (Fsp3) is 0.143. The molecular weight excluding hydrogens is 347 g/mol. The molecule has 1 amide bonds. The van der Waals surface area contributed by atoms with Gasteiger partial charge in [-0.05, 0) is 55.8 Å². The minimum Gasteiger partial charge on any atom is -0.345 e. The lowest BCUT2D eigenvalue weighted by Crippen LogP contribution is -2.27. The quantitative estimate of drug-likeness (QED) is 0.677. The minimum absolute atomic E-state index is 0.204. The van der Waals surface area contributed by atoms with Crippen molar-refractivity contribution >= 4 is 17.7 Å². The number of hydrogen-bond donors (Lipinski definition) is 1. The molecule has 0 spiro atoms. The second-order valence-corrected chi connectivity index (χ2v) is 7.08. The molecule has 0 aliphatic heterocycles. The van der Waals surface area contributed by atoms with Gasteiger partial charge in [-0.25, -0.2) is 9.37 Å². The van der Waals surface area contributed by atoms with Gasteiger partial charge in [0, 0.05) is 11.1 Å². The number of amides is 1. The number of aryl methyl sites for hydroxylation is 1. The van der Waals surface area contributed by atoms with Crippen molar-refractivity contribution in [3.63, 3.8) is 0 Å². The number of carbonyl (C=O) groups is 1. The fourth-order valence-corrected chi connectivity index (χ4v) is 3.35. The van der Waals surface area contributed by atoms with Gasteiger partial charge in [0.05, 0.1) is 11.6 Å². The summed E-state index contributed by atoms with van der Waals surface area (Å²) in [5, 5.41) is 3.61. The Morgan fingerprint density at radius 1 is 1.08 bits per heavy atom. The second kappa shape index (κ2) is 8.15. The maximum absolute atomic E-state index is 13.1. The summed E-state index contributed by atoms with van der Waals surface area (Å²) in [5.41, 5.74) is 2.55. The molecule has 2 aromatic carbocycles. The third-order valence-corrected chi connectivity index (χ3v) is 5.00. The normalized spacial score (nSPS) is 11.8. The smallest absolute Gasteiger partial charge is 0.254 e. The number of pyridine rings is 1. The van der Waals surface area contributed by atoms with Crippen LogP contribution in [0.5, 0.6) is 0 Å². The molecular formula is C21H19FN2OS. The lowest BCUT2D eigenvalue weighted by molar-refractivity contribution is 0.0936. The van der Waals surface area contributed by atoms with Gasteiger partial charge in [0.2, 0.25) is 0 Å². The van der Waals surface area contributed by atoms with Crippen molar-refractivity contribution in [1.82, 2.24) is 10.3 Å². The van der Waals surface area contributed by atoms with Crippen molar-refractivity contribution in [3.8, 4) is 0 Å². The molecule has 26 heavy (non-hydrogen) atoms. The Hall–Kier alpha value is -2.66. The third-order valence-electron chi connectivity index (χ3n) is 3.97. The maximum atomic E-state index is 13.1. The summed E-state index contributed by atoms with van der Waals surface area (Å²) in [7, 11) is 0. The van der Waals surface area contributed by atoms with E-state index < -0.39 is 0 Å². The van der Waals surface area contributed by atoms with Crippen LogP contribution < -0.4 is 5.32 Å². The highest BCUT2D eigenvalue weighted by Gasteiger charge is 2.16. The molecule has 0 fully saturated rings. The van der Waals surface area contributed by atoms with Crippen LogP contribution in [0.4, 0.5) is 4.39 Å². The van der Waals surface area contributed by atoms with E-state index >= 15 is 0 Å². The number of nitrogens with one attached hydrogen (secondary N) is 1. The number of rotatable bonds is 5. The molecule has 3 aromatic rings. The van der Waals surface area contributed by atoms with E-state index in [4.69, 9.17) is 0 Å². The van der Waals surface area contributed by atoms with Crippen LogP contribution in [0.15, 0.2) is 76.8 Å². The summed E-state index contributed by atoms with van der Waals surface area (Å²) in [6, 6.07) is 17.5. The van der Waals surface area contributed by atoms with E-state index in [1.807, 2.05) is 38.1 Å². The van der Waals surface area contributed by atoms with Crippen molar-refractivity contribution < 1.29 is 9.18 Å². The van der Waals surface area contributed by atoms with Gasteiger partial charge in [-0.2, -0.15) is 0 Å². The lowest BCUT2D eigenvalue weighted by atomic mass is 10.1. The Kier molecular flexibility index (Phi) is 5.68. The molecule has 1 unspecified atom stereocenters. The molecule has 1 N–H and O–H groups in total. The Labute approximate surface area is 156 Å². The zero-order valence-electron chi connectivity index (χ0n) is 14.6. The topological polar surface area (TPSA) is 42.0 Å².